The number of rotatable bonds is 7. The summed E-state index contributed by atoms with van der Waals surface area (Å²) in [7, 11) is 3.32. The van der Waals surface area contributed by atoms with E-state index in [0.29, 0.717) is 29.8 Å². The van der Waals surface area contributed by atoms with E-state index in [0.717, 1.165) is 0 Å². The number of hydrogen-bond donors (Lipinski definition) is 1. The third-order valence-corrected chi connectivity index (χ3v) is 7.04. The first-order chi connectivity index (χ1) is 14.5. The molecule has 1 N–H and O–H groups in total. The number of hydrogen-bond acceptors (Lipinski definition) is 6. The first-order valence-electron chi connectivity index (χ1n) is 9.89. The maximum Gasteiger partial charge on any atom is 0.303 e. The van der Waals surface area contributed by atoms with E-state index in [1.165, 1.54) is 12.1 Å². The molecule has 0 radical (unpaired) electrons. The minimum absolute atomic E-state index is 0.00251. The predicted molar refractivity (Wildman–Crippen MR) is 121 cm³/mol. The number of carboxylic acids is 1. The Morgan fingerprint density at radius 3 is 2.26 bits per heavy atom. The number of carbonyl (C=O) groups excluding carboxylic acids is 1. The number of ketones is 1. The number of fused-ring (bicyclic) bond motifs is 2. The predicted octanol–water partition coefficient (Wildman–Crippen LogP) is 3.46. The maximum atomic E-state index is 13.5. The molecule has 2 aromatic carbocycles. The number of anilines is 2. The van der Waals surface area contributed by atoms with Crippen LogP contribution in [-0.4, -0.2) is 53.5 Å². The summed E-state index contributed by atoms with van der Waals surface area (Å²) in [6.07, 6.45) is 4.51. The standard InChI is InChI=1S/C23H26N2O5S/c1-24(2)16-10-11-18-19(13-16)31(29,30)20-14-17(25(3)4)12-15(22(20)23(18)28)8-6-5-7-9-21(26)27/h6,8,10-14H,5,7,9H2,1-4H3,(H,26,27)/b8-6+. The van der Waals surface area contributed by atoms with Crippen molar-refractivity contribution < 1.29 is 23.1 Å². The first kappa shape index (κ1) is 22.6. The van der Waals surface area contributed by atoms with Crippen molar-refractivity contribution >= 4 is 39.0 Å². The average molecular weight is 443 g/mol. The van der Waals surface area contributed by atoms with E-state index in [-0.39, 0.29) is 33.1 Å². The lowest BCUT2D eigenvalue weighted by Crippen LogP contribution is -2.23. The van der Waals surface area contributed by atoms with E-state index in [2.05, 4.69) is 0 Å². The van der Waals surface area contributed by atoms with Gasteiger partial charge in [0.2, 0.25) is 9.84 Å². The fraction of sp³-hybridized carbons (Fsp3) is 0.304. The van der Waals surface area contributed by atoms with Crippen molar-refractivity contribution in [3.05, 3.63) is 53.1 Å². The molecule has 31 heavy (non-hydrogen) atoms. The van der Waals surface area contributed by atoms with Crippen LogP contribution >= 0.6 is 0 Å². The lowest BCUT2D eigenvalue weighted by molar-refractivity contribution is -0.137. The number of carboxylic acid groups (broad SMARTS) is 1. The second kappa shape index (κ2) is 8.55. The Kier molecular flexibility index (Phi) is 6.22. The molecule has 1 aliphatic heterocycles. The second-order valence-corrected chi connectivity index (χ2v) is 9.78. The highest BCUT2D eigenvalue weighted by Crippen LogP contribution is 2.40. The van der Waals surface area contributed by atoms with Crippen LogP contribution in [0.5, 0.6) is 0 Å². The zero-order valence-corrected chi connectivity index (χ0v) is 18.9. The quantitative estimate of drug-likeness (QED) is 0.560. The largest absolute Gasteiger partial charge is 0.481 e. The van der Waals surface area contributed by atoms with E-state index in [4.69, 9.17) is 5.11 Å². The highest BCUT2D eigenvalue weighted by molar-refractivity contribution is 7.91. The van der Waals surface area contributed by atoms with E-state index >= 15 is 0 Å². The molecule has 0 fully saturated rings. The Bertz CT molecular complexity index is 1180. The topological polar surface area (TPSA) is 95.0 Å². The normalized spacial score (nSPS) is 14.3. The molecule has 0 saturated heterocycles. The molecule has 7 nitrogen and oxygen atoms in total. The van der Waals surface area contributed by atoms with Crippen LogP contribution in [0.2, 0.25) is 0 Å². The van der Waals surface area contributed by atoms with Gasteiger partial charge in [0.05, 0.1) is 9.79 Å². The smallest absolute Gasteiger partial charge is 0.303 e. The summed E-state index contributed by atoms with van der Waals surface area (Å²) in [5.41, 5.74) is 2.18. The van der Waals surface area contributed by atoms with Gasteiger partial charge in [0.15, 0.2) is 5.78 Å². The number of sulfone groups is 1. The fourth-order valence-electron chi connectivity index (χ4n) is 3.50. The van der Waals surface area contributed by atoms with E-state index in [9.17, 15) is 18.0 Å². The van der Waals surface area contributed by atoms with Crippen molar-refractivity contribution in [2.24, 2.45) is 0 Å². The summed E-state index contributed by atoms with van der Waals surface area (Å²) in [5.74, 6) is -1.20. The zero-order chi connectivity index (χ0) is 22.9. The van der Waals surface area contributed by atoms with Gasteiger partial charge >= 0.3 is 5.97 Å². The third-order valence-electron chi connectivity index (χ3n) is 5.22. The number of allylic oxidation sites excluding steroid dienone is 1. The highest BCUT2D eigenvalue weighted by atomic mass is 32.2. The van der Waals surface area contributed by atoms with Gasteiger partial charge in [0.1, 0.15) is 0 Å². The van der Waals surface area contributed by atoms with Crippen molar-refractivity contribution in [1.29, 1.82) is 0 Å². The number of aliphatic carboxylic acids is 1. The Labute approximate surface area is 182 Å². The molecule has 164 valence electrons. The highest BCUT2D eigenvalue weighted by Gasteiger charge is 2.37. The molecule has 0 spiro atoms. The van der Waals surface area contributed by atoms with Crippen LogP contribution in [0.4, 0.5) is 11.4 Å². The zero-order valence-electron chi connectivity index (χ0n) is 18.0. The Balaban J connectivity index is 2.16. The molecular weight excluding hydrogens is 416 g/mol. The SMILES string of the molecule is CN(C)c1ccc2c(c1)S(=O)(=O)c1cc(N(C)C)cc(/C=C/CCCC(=O)O)c1C2=O. The van der Waals surface area contributed by atoms with Gasteiger partial charge in [-0.15, -0.1) is 0 Å². The molecule has 1 heterocycles. The third kappa shape index (κ3) is 4.34. The summed E-state index contributed by atoms with van der Waals surface area (Å²) in [6, 6.07) is 8.14. The summed E-state index contributed by atoms with van der Waals surface area (Å²) in [5, 5.41) is 8.78. The summed E-state index contributed by atoms with van der Waals surface area (Å²) in [6.45, 7) is 0. The van der Waals surface area contributed by atoms with Gasteiger partial charge in [-0.25, -0.2) is 8.42 Å². The second-order valence-electron chi connectivity index (χ2n) is 7.90. The molecule has 0 bridgehead atoms. The van der Waals surface area contributed by atoms with Crippen molar-refractivity contribution in [2.75, 3.05) is 38.0 Å². The fourth-order valence-corrected chi connectivity index (χ4v) is 5.22. The number of nitrogens with zero attached hydrogens (tertiary/aromatic N) is 2. The molecule has 2 aromatic rings. The Hall–Kier alpha value is -3.13. The molecule has 0 amide bonds. The van der Waals surface area contributed by atoms with Crippen molar-refractivity contribution in [3.8, 4) is 0 Å². The minimum Gasteiger partial charge on any atom is -0.481 e. The molecule has 8 heteroatoms. The van der Waals surface area contributed by atoms with Crippen molar-refractivity contribution in [1.82, 2.24) is 0 Å². The average Bonchev–Trinajstić information content (AvgIpc) is 2.70. The molecule has 0 atom stereocenters. The van der Waals surface area contributed by atoms with Gasteiger partial charge in [-0.1, -0.05) is 12.2 Å². The molecule has 0 unspecified atom stereocenters. The van der Waals surface area contributed by atoms with Crippen LogP contribution in [-0.2, 0) is 14.6 Å². The summed E-state index contributed by atoms with van der Waals surface area (Å²) in [4.78, 5) is 27.6. The molecule has 3 rings (SSSR count). The Morgan fingerprint density at radius 1 is 1.00 bits per heavy atom. The first-order valence-corrected chi connectivity index (χ1v) is 11.4. The number of unbranched alkanes of at least 4 members (excludes halogenated alkanes) is 1. The van der Waals surface area contributed by atoms with Crippen molar-refractivity contribution in [2.45, 2.75) is 29.1 Å². The summed E-state index contributed by atoms with van der Waals surface area (Å²) >= 11 is 0. The van der Waals surface area contributed by atoms with E-state index in [1.54, 1.807) is 54.2 Å². The van der Waals surface area contributed by atoms with E-state index in [1.807, 2.05) is 14.1 Å². The van der Waals surface area contributed by atoms with Crippen LogP contribution in [0.3, 0.4) is 0 Å². The minimum atomic E-state index is -3.90. The number of benzene rings is 2. The molecule has 1 aliphatic rings. The van der Waals surface area contributed by atoms with Crippen molar-refractivity contribution in [3.63, 3.8) is 0 Å². The lowest BCUT2D eigenvalue weighted by atomic mass is 9.96. The monoisotopic (exact) mass is 442 g/mol. The van der Waals surface area contributed by atoms with Gasteiger partial charge in [-0.2, -0.15) is 0 Å². The van der Waals surface area contributed by atoms with Crippen LogP contribution in [0, 0.1) is 0 Å². The maximum absolute atomic E-state index is 13.5. The molecule has 0 saturated carbocycles. The van der Waals surface area contributed by atoms with Gasteiger partial charge in [0.25, 0.3) is 0 Å². The lowest BCUT2D eigenvalue weighted by Gasteiger charge is -2.25. The molecular formula is C23H26N2O5S. The van der Waals surface area contributed by atoms with Crippen LogP contribution in [0.1, 0.15) is 40.7 Å². The van der Waals surface area contributed by atoms with Gasteiger partial charge in [-0.3, -0.25) is 9.59 Å². The molecule has 0 aliphatic carbocycles. The van der Waals surface area contributed by atoms with Gasteiger partial charge < -0.3 is 14.9 Å². The summed E-state index contributed by atoms with van der Waals surface area (Å²) < 4.78 is 27.0. The van der Waals surface area contributed by atoms with Crippen LogP contribution in [0.15, 0.2) is 46.2 Å². The van der Waals surface area contributed by atoms with E-state index < -0.39 is 15.8 Å². The van der Waals surface area contributed by atoms with Gasteiger partial charge in [-0.05, 0) is 48.7 Å². The Morgan fingerprint density at radius 2 is 1.65 bits per heavy atom. The molecule has 0 aromatic heterocycles. The van der Waals surface area contributed by atoms with Crippen LogP contribution < -0.4 is 9.80 Å². The number of carbonyl (C=O) groups is 2. The van der Waals surface area contributed by atoms with Gasteiger partial charge in [0, 0.05) is 57.1 Å². The van der Waals surface area contributed by atoms with Crippen LogP contribution in [0.25, 0.3) is 6.08 Å².